The number of aromatic nitrogens is 5. The zero-order valence-electron chi connectivity index (χ0n) is 17.4. The Hall–Kier alpha value is -2.74. The van der Waals surface area contributed by atoms with Crippen LogP contribution >= 0.6 is 12.2 Å². The van der Waals surface area contributed by atoms with Crippen molar-refractivity contribution in [1.82, 2.24) is 34.8 Å². The van der Waals surface area contributed by atoms with Crippen molar-refractivity contribution in [2.75, 3.05) is 0 Å². The van der Waals surface area contributed by atoms with Gasteiger partial charge < -0.3 is 10.2 Å². The number of hydrogen-bond acceptors (Lipinski definition) is 4. The lowest BCUT2D eigenvalue weighted by molar-refractivity contribution is 0.196. The Morgan fingerprint density at radius 2 is 1.83 bits per heavy atom. The van der Waals surface area contributed by atoms with Gasteiger partial charge in [0.15, 0.2) is 5.11 Å². The molecule has 1 saturated heterocycles. The van der Waals surface area contributed by atoms with E-state index in [1.54, 1.807) is 12.7 Å². The maximum atomic E-state index is 5.89. The first-order valence-electron chi connectivity index (χ1n) is 10.7. The Morgan fingerprint density at radius 3 is 2.53 bits per heavy atom. The molecule has 2 unspecified atom stereocenters. The lowest BCUT2D eigenvalue weighted by Gasteiger charge is -2.37. The number of nitrogens with zero attached hydrogens (tertiary/aromatic N) is 6. The minimum atomic E-state index is 0.0236. The summed E-state index contributed by atoms with van der Waals surface area (Å²) < 4.78 is 4.08. The Kier molecular flexibility index (Phi) is 5.02. The van der Waals surface area contributed by atoms with Crippen molar-refractivity contribution in [3.05, 3.63) is 65.8 Å². The van der Waals surface area contributed by atoms with Crippen molar-refractivity contribution in [3.63, 3.8) is 0 Å². The van der Waals surface area contributed by atoms with Gasteiger partial charge in [-0.3, -0.25) is 9.66 Å². The quantitative estimate of drug-likeness (QED) is 0.648. The highest BCUT2D eigenvalue weighted by Gasteiger charge is 2.44. The second-order valence-corrected chi connectivity index (χ2v) is 8.69. The topological polar surface area (TPSA) is 63.8 Å². The first-order valence-corrected chi connectivity index (χ1v) is 11.1. The summed E-state index contributed by atoms with van der Waals surface area (Å²) in [5, 5.41) is 12.4. The van der Waals surface area contributed by atoms with Gasteiger partial charge in [-0.1, -0.05) is 25.3 Å². The Morgan fingerprint density at radius 1 is 1.07 bits per heavy atom. The highest BCUT2D eigenvalue weighted by Crippen LogP contribution is 2.44. The molecule has 0 bridgehead atoms. The standard InChI is InChI=1S/C22H27N7S/c1-15-12-18(16(2)29(15)27-13-24-25-14-27)21-20(19-10-6-7-11-23-19)26-22(30)28(21)17-8-4-3-5-9-17/h6-7,10-14,17,20-21H,3-5,8-9H2,1-2H3,(H,26,30). The number of hydrogen-bond donors (Lipinski definition) is 1. The third-order valence-electron chi connectivity index (χ3n) is 6.49. The number of nitrogens with one attached hydrogen (secondary N) is 1. The molecule has 0 radical (unpaired) electrons. The van der Waals surface area contributed by atoms with Gasteiger partial charge in [0.2, 0.25) is 0 Å². The molecule has 1 aliphatic carbocycles. The van der Waals surface area contributed by atoms with Crippen LogP contribution in [0, 0.1) is 13.8 Å². The van der Waals surface area contributed by atoms with Gasteiger partial charge in [-0.2, -0.15) is 0 Å². The fourth-order valence-corrected chi connectivity index (χ4v) is 5.57. The summed E-state index contributed by atoms with van der Waals surface area (Å²) in [5.74, 6) is 0. The van der Waals surface area contributed by atoms with E-state index in [0.717, 1.165) is 16.5 Å². The first kappa shape index (κ1) is 19.2. The third kappa shape index (κ3) is 3.19. The fraction of sp³-hybridized carbons (Fsp3) is 0.455. The predicted octanol–water partition coefficient (Wildman–Crippen LogP) is 3.71. The zero-order valence-corrected chi connectivity index (χ0v) is 18.2. The number of thiocarbonyl (C=S) groups is 1. The molecule has 1 saturated carbocycles. The second kappa shape index (κ2) is 7.83. The molecule has 0 spiro atoms. The monoisotopic (exact) mass is 421 g/mol. The van der Waals surface area contributed by atoms with Crippen LogP contribution in [0.3, 0.4) is 0 Å². The Bertz CT molecular complexity index is 1020. The fourth-order valence-electron chi connectivity index (χ4n) is 5.18. The zero-order chi connectivity index (χ0) is 20.7. The molecule has 2 atom stereocenters. The molecule has 2 aliphatic rings. The third-order valence-corrected chi connectivity index (χ3v) is 6.82. The van der Waals surface area contributed by atoms with Crippen molar-refractivity contribution in [2.45, 2.75) is 64.1 Å². The van der Waals surface area contributed by atoms with Crippen LogP contribution in [0.15, 0.2) is 43.1 Å². The summed E-state index contributed by atoms with van der Waals surface area (Å²) in [5.41, 5.74) is 4.61. The molecule has 3 aromatic rings. The van der Waals surface area contributed by atoms with E-state index in [1.807, 2.05) is 23.0 Å². The Labute approximate surface area is 182 Å². The lowest BCUT2D eigenvalue weighted by atomic mass is 9.90. The van der Waals surface area contributed by atoms with E-state index in [9.17, 15) is 0 Å². The molecule has 8 heteroatoms. The summed E-state index contributed by atoms with van der Waals surface area (Å²) in [6.45, 7) is 4.29. The van der Waals surface area contributed by atoms with Gasteiger partial charge in [0.25, 0.3) is 0 Å². The van der Waals surface area contributed by atoms with E-state index >= 15 is 0 Å². The first-order chi connectivity index (χ1) is 14.6. The van der Waals surface area contributed by atoms with E-state index in [0.29, 0.717) is 6.04 Å². The molecule has 30 heavy (non-hydrogen) atoms. The summed E-state index contributed by atoms with van der Waals surface area (Å²) in [6.07, 6.45) is 11.6. The van der Waals surface area contributed by atoms with Gasteiger partial charge in [0.05, 0.1) is 17.8 Å². The highest BCUT2D eigenvalue weighted by molar-refractivity contribution is 7.80. The highest BCUT2D eigenvalue weighted by atomic mass is 32.1. The van der Waals surface area contributed by atoms with E-state index < -0.39 is 0 Å². The minimum Gasteiger partial charge on any atom is -0.352 e. The lowest BCUT2D eigenvalue weighted by Crippen LogP contribution is -2.40. The van der Waals surface area contributed by atoms with E-state index in [-0.39, 0.29) is 12.1 Å². The van der Waals surface area contributed by atoms with Crippen molar-refractivity contribution >= 4 is 17.3 Å². The summed E-state index contributed by atoms with van der Waals surface area (Å²) >= 11 is 5.89. The Balaban J connectivity index is 1.62. The van der Waals surface area contributed by atoms with Crippen molar-refractivity contribution in [2.24, 2.45) is 0 Å². The van der Waals surface area contributed by atoms with Gasteiger partial charge in [-0.15, -0.1) is 10.2 Å². The van der Waals surface area contributed by atoms with Crippen LogP contribution in [0.4, 0.5) is 0 Å². The molecule has 2 fully saturated rings. The van der Waals surface area contributed by atoms with Crippen LogP contribution in [0.25, 0.3) is 0 Å². The van der Waals surface area contributed by atoms with Gasteiger partial charge in [0.1, 0.15) is 12.7 Å². The molecule has 156 valence electrons. The summed E-state index contributed by atoms with van der Waals surface area (Å²) in [4.78, 5) is 7.14. The van der Waals surface area contributed by atoms with Gasteiger partial charge in [-0.05, 0) is 57.1 Å². The summed E-state index contributed by atoms with van der Waals surface area (Å²) in [7, 11) is 0. The molecular weight excluding hydrogens is 394 g/mol. The van der Waals surface area contributed by atoms with Crippen molar-refractivity contribution in [1.29, 1.82) is 0 Å². The van der Waals surface area contributed by atoms with Crippen LogP contribution < -0.4 is 5.32 Å². The van der Waals surface area contributed by atoms with Crippen molar-refractivity contribution in [3.8, 4) is 0 Å². The molecule has 5 rings (SSSR count). The van der Waals surface area contributed by atoms with Gasteiger partial charge in [-0.25, -0.2) is 4.68 Å². The van der Waals surface area contributed by atoms with Gasteiger partial charge in [0, 0.05) is 29.2 Å². The van der Waals surface area contributed by atoms with E-state index in [1.165, 1.54) is 43.4 Å². The molecule has 3 aromatic heterocycles. The molecule has 0 amide bonds. The van der Waals surface area contributed by atoms with Crippen LogP contribution in [-0.4, -0.2) is 40.6 Å². The number of aryl methyl sites for hydroxylation is 1. The molecule has 1 aliphatic heterocycles. The maximum absolute atomic E-state index is 5.89. The van der Waals surface area contributed by atoms with Crippen LogP contribution in [-0.2, 0) is 0 Å². The molecular formula is C22H27N7S. The van der Waals surface area contributed by atoms with Gasteiger partial charge >= 0.3 is 0 Å². The number of rotatable bonds is 4. The van der Waals surface area contributed by atoms with Crippen LogP contribution in [0.2, 0.25) is 0 Å². The summed E-state index contributed by atoms with van der Waals surface area (Å²) in [6, 6.07) is 8.98. The van der Waals surface area contributed by atoms with Crippen LogP contribution in [0.1, 0.15) is 66.8 Å². The SMILES string of the molecule is Cc1cc(C2C(c3ccccn3)NC(=S)N2C2CCCCC2)c(C)n1-n1cnnc1. The average Bonchev–Trinajstić information content (AvgIpc) is 3.47. The van der Waals surface area contributed by atoms with Crippen LogP contribution in [0.5, 0.6) is 0 Å². The minimum absolute atomic E-state index is 0.0236. The van der Waals surface area contributed by atoms with Crippen molar-refractivity contribution < 1.29 is 0 Å². The predicted molar refractivity (Wildman–Crippen MR) is 119 cm³/mol. The molecule has 4 heterocycles. The smallest absolute Gasteiger partial charge is 0.170 e. The molecule has 1 N–H and O–H groups in total. The molecule has 7 nitrogen and oxygen atoms in total. The average molecular weight is 422 g/mol. The largest absolute Gasteiger partial charge is 0.352 e. The van der Waals surface area contributed by atoms with E-state index in [2.05, 4.69) is 56.1 Å². The maximum Gasteiger partial charge on any atom is 0.170 e. The second-order valence-electron chi connectivity index (χ2n) is 8.31. The van der Waals surface area contributed by atoms with E-state index in [4.69, 9.17) is 12.2 Å². The number of pyridine rings is 1. The normalized spacial score (nSPS) is 22.5. The molecule has 0 aromatic carbocycles.